The van der Waals surface area contributed by atoms with Gasteiger partial charge < -0.3 is 10.5 Å². The van der Waals surface area contributed by atoms with Crippen molar-refractivity contribution in [3.05, 3.63) is 29.8 Å². The summed E-state index contributed by atoms with van der Waals surface area (Å²) in [7, 11) is -2.09. The highest BCUT2D eigenvalue weighted by Gasteiger charge is 2.21. The molecular formula is C14H20N2O3S. The Morgan fingerprint density at radius 1 is 1.40 bits per heavy atom. The summed E-state index contributed by atoms with van der Waals surface area (Å²) < 4.78 is 32.4. The summed E-state index contributed by atoms with van der Waals surface area (Å²) in [5.41, 5.74) is 5.76. The van der Waals surface area contributed by atoms with Crippen molar-refractivity contribution < 1.29 is 13.2 Å². The molecule has 0 amide bonds. The zero-order valence-corrected chi connectivity index (χ0v) is 12.5. The Labute approximate surface area is 120 Å². The molecule has 1 atom stereocenters. The van der Waals surface area contributed by atoms with Crippen LogP contribution in [0.15, 0.2) is 29.2 Å². The maximum absolute atomic E-state index is 12.4. The van der Waals surface area contributed by atoms with Gasteiger partial charge in [-0.25, -0.2) is 13.1 Å². The van der Waals surface area contributed by atoms with Gasteiger partial charge in [-0.2, -0.15) is 0 Å². The molecule has 0 bridgehead atoms. The average molecular weight is 296 g/mol. The fourth-order valence-electron chi connectivity index (χ4n) is 1.67. The number of benzene rings is 1. The van der Waals surface area contributed by atoms with E-state index in [9.17, 15) is 8.42 Å². The summed E-state index contributed by atoms with van der Waals surface area (Å²) in [5, 5.41) is 0. The Hall–Kier alpha value is -1.39. The predicted octanol–water partition coefficient (Wildman–Crippen LogP) is 0.700. The first-order valence-corrected chi connectivity index (χ1v) is 7.82. The number of nitrogens with two attached hydrogens (primary N) is 1. The van der Waals surface area contributed by atoms with Crippen molar-refractivity contribution in [3.63, 3.8) is 0 Å². The van der Waals surface area contributed by atoms with Crippen LogP contribution >= 0.6 is 0 Å². The van der Waals surface area contributed by atoms with E-state index in [1.165, 1.54) is 13.2 Å². The second-order valence-corrected chi connectivity index (χ2v) is 5.87. The third kappa shape index (κ3) is 4.62. The van der Waals surface area contributed by atoms with E-state index in [1.54, 1.807) is 18.2 Å². The van der Waals surface area contributed by atoms with Crippen molar-refractivity contribution in [2.75, 3.05) is 20.3 Å². The van der Waals surface area contributed by atoms with E-state index in [-0.39, 0.29) is 17.5 Å². The second kappa shape index (κ2) is 8.02. The molecule has 0 aliphatic heterocycles. The van der Waals surface area contributed by atoms with Gasteiger partial charge in [0, 0.05) is 18.7 Å². The summed E-state index contributed by atoms with van der Waals surface area (Å²) in [6.45, 7) is 2.40. The van der Waals surface area contributed by atoms with Gasteiger partial charge in [0.05, 0.1) is 18.0 Å². The van der Waals surface area contributed by atoms with Gasteiger partial charge in [-0.3, -0.25) is 0 Å². The van der Waals surface area contributed by atoms with Crippen LogP contribution in [0.4, 0.5) is 0 Å². The fourth-order valence-corrected chi connectivity index (χ4v) is 3.14. The Morgan fingerprint density at radius 3 is 2.70 bits per heavy atom. The number of sulfonamides is 1. The molecule has 6 heteroatoms. The molecule has 1 aromatic carbocycles. The Balaban J connectivity index is 3.09. The van der Waals surface area contributed by atoms with Crippen LogP contribution < -0.4 is 10.5 Å². The predicted molar refractivity (Wildman–Crippen MR) is 78.7 cm³/mol. The van der Waals surface area contributed by atoms with Crippen molar-refractivity contribution in [3.8, 4) is 11.8 Å². The van der Waals surface area contributed by atoms with Gasteiger partial charge in [-0.15, -0.1) is 0 Å². The average Bonchev–Trinajstić information content (AvgIpc) is 2.44. The first-order valence-electron chi connectivity index (χ1n) is 6.34. The number of ether oxygens (including phenoxy) is 1. The van der Waals surface area contributed by atoms with E-state index >= 15 is 0 Å². The lowest BCUT2D eigenvalue weighted by molar-refractivity contribution is 0.173. The molecule has 0 fully saturated rings. The summed E-state index contributed by atoms with van der Waals surface area (Å²) >= 11 is 0. The van der Waals surface area contributed by atoms with Gasteiger partial charge in [0.15, 0.2) is 0 Å². The molecular weight excluding hydrogens is 276 g/mol. The summed E-state index contributed by atoms with van der Waals surface area (Å²) in [4.78, 5) is 0.163. The van der Waals surface area contributed by atoms with E-state index in [4.69, 9.17) is 10.5 Å². The number of nitrogens with one attached hydrogen (secondary N) is 1. The summed E-state index contributed by atoms with van der Waals surface area (Å²) in [6, 6.07) is 6.34. The Morgan fingerprint density at radius 2 is 2.10 bits per heavy atom. The number of methoxy groups -OCH3 is 1. The van der Waals surface area contributed by atoms with Crippen LogP contribution in [0.3, 0.4) is 0 Å². The van der Waals surface area contributed by atoms with Crippen molar-refractivity contribution in [2.24, 2.45) is 5.73 Å². The zero-order chi connectivity index (χ0) is 15.0. The van der Waals surface area contributed by atoms with E-state index < -0.39 is 10.0 Å². The molecule has 3 N–H and O–H groups in total. The molecule has 0 radical (unpaired) electrons. The number of hydrogen-bond acceptors (Lipinski definition) is 4. The normalized spacial score (nSPS) is 12.6. The van der Waals surface area contributed by atoms with Gasteiger partial charge in [-0.05, 0) is 18.6 Å². The largest absolute Gasteiger partial charge is 0.383 e. The van der Waals surface area contributed by atoms with Crippen molar-refractivity contribution in [1.29, 1.82) is 0 Å². The first-order chi connectivity index (χ1) is 9.55. The molecule has 1 rings (SSSR count). The van der Waals surface area contributed by atoms with E-state index in [1.807, 2.05) is 6.92 Å². The first kappa shape index (κ1) is 16.7. The lowest BCUT2D eigenvalue weighted by Crippen LogP contribution is -2.37. The highest BCUT2D eigenvalue weighted by Crippen LogP contribution is 2.15. The molecule has 0 aliphatic rings. The maximum Gasteiger partial charge on any atom is 0.242 e. The minimum Gasteiger partial charge on any atom is -0.383 e. The van der Waals surface area contributed by atoms with E-state index in [0.29, 0.717) is 18.6 Å². The minimum absolute atomic E-state index is 0.163. The van der Waals surface area contributed by atoms with Crippen LogP contribution in [0.2, 0.25) is 0 Å². The monoisotopic (exact) mass is 296 g/mol. The molecule has 0 saturated carbocycles. The maximum atomic E-state index is 12.4. The highest BCUT2D eigenvalue weighted by atomic mass is 32.2. The van der Waals surface area contributed by atoms with Gasteiger partial charge in [-0.1, -0.05) is 30.9 Å². The van der Waals surface area contributed by atoms with Gasteiger partial charge in [0.2, 0.25) is 10.0 Å². The van der Waals surface area contributed by atoms with Crippen molar-refractivity contribution in [1.82, 2.24) is 4.72 Å². The van der Waals surface area contributed by atoms with Gasteiger partial charge >= 0.3 is 0 Å². The van der Waals surface area contributed by atoms with Gasteiger partial charge in [0.1, 0.15) is 0 Å². The topological polar surface area (TPSA) is 81.4 Å². The Kier molecular flexibility index (Phi) is 6.68. The molecule has 0 aliphatic carbocycles. The summed E-state index contributed by atoms with van der Waals surface area (Å²) in [5.74, 6) is 5.45. The summed E-state index contributed by atoms with van der Waals surface area (Å²) in [6.07, 6.45) is 0.643. The van der Waals surface area contributed by atoms with Crippen LogP contribution in [0.5, 0.6) is 0 Å². The SMILES string of the molecule is CCC(COC)NS(=O)(=O)c1ccccc1C#CCN. The molecule has 20 heavy (non-hydrogen) atoms. The zero-order valence-electron chi connectivity index (χ0n) is 11.7. The van der Waals surface area contributed by atoms with Gasteiger partial charge in [0.25, 0.3) is 0 Å². The van der Waals surface area contributed by atoms with E-state index in [0.717, 1.165) is 0 Å². The lowest BCUT2D eigenvalue weighted by atomic mass is 10.2. The Bertz CT molecular complexity index is 588. The standard InChI is InChI=1S/C14H20N2O3S/c1-3-13(11-19-2)16-20(17,18)14-9-5-4-7-12(14)8-6-10-15/h4-5,7,9,13,16H,3,10-11,15H2,1-2H3. The second-order valence-electron chi connectivity index (χ2n) is 4.18. The van der Waals surface area contributed by atoms with Crippen LogP contribution in [0.1, 0.15) is 18.9 Å². The molecule has 110 valence electrons. The molecule has 0 saturated heterocycles. The number of rotatable bonds is 6. The molecule has 0 spiro atoms. The van der Waals surface area contributed by atoms with Crippen LogP contribution in [0.25, 0.3) is 0 Å². The number of hydrogen-bond donors (Lipinski definition) is 2. The van der Waals surface area contributed by atoms with Crippen molar-refractivity contribution >= 4 is 10.0 Å². The smallest absolute Gasteiger partial charge is 0.242 e. The third-order valence-electron chi connectivity index (χ3n) is 2.68. The minimum atomic E-state index is -3.63. The molecule has 0 heterocycles. The van der Waals surface area contributed by atoms with E-state index in [2.05, 4.69) is 16.6 Å². The molecule has 1 unspecified atom stereocenters. The van der Waals surface area contributed by atoms with Crippen LogP contribution in [0, 0.1) is 11.8 Å². The lowest BCUT2D eigenvalue weighted by Gasteiger charge is -2.16. The molecule has 5 nitrogen and oxygen atoms in total. The fraction of sp³-hybridized carbons (Fsp3) is 0.429. The third-order valence-corrected chi connectivity index (χ3v) is 4.26. The quantitative estimate of drug-likeness (QED) is 0.757. The molecule has 1 aromatic rings. The molecule has 0 aromatic heterocycles. The highest BCUT2D eigenvalue weighted by molar-refractivity contribution is 7.89. The van der Waals surface area contributed by atoms with Crippen LogP contribution in [-0.2, 0) is 14.8 Å². The van der Waals surface area contributed by atoms with Crippen molar-refractivity contribution in [2.45, 2.75) is 24.3 Å². The van der Waals surface area contributed by atoms with Crippen LogP contribution in [-0.4, -0.2) is 34.7 Å².